The van der Waals surface area contributed by atoms with Gasteiger partial charge >= 0.3 is 0 Å². The molecule has 0 spiro atoms. The molecule has 160 valence electrons. The van der Waals surface area contributed by atoms with Gasteiger partial charge in [0.05, 0.1) is 17.7 Å². The van der Waals surface area contributed by atoms with Gasteiger partial charge in [0.1, 0.15) is 5.75 Å². The normalized spacial score (nSPS) is 20.5. The van der Waals surface area contributed by atoms with E-state index in [4.69, 9.17) is 4.74 Å². The van der Waals surface area contributed by atoms with Crippen LogP contribution in [0, 0.1) is 15.5 Å². The molecule has 7 nitrogen and oxygen atoms in total. The Hall–Kier alpha value is -3.48. The Labute approximate surface area is 180 Å². The molecule has 1 aliphatic carbocycles. The Morgan fingerprint density at radius 2 is 1.81 bits per heavy atom. The summed E-state index contributed by atoms with van der Waals surface area (Å²) in [6.45, 7) is 4.00. The summed E-state index contributed by atoms with van der Waals surface area (Å²) in [5, 5.41) is 11.3. The fourth-order valence-electron chi connectivity index (χ4n) is 4.58. The minimum atomic E-state index is -0.483. The van der Waals surface area contributed by atoms with E-state index in [-0.39, 0.29) is 35.1 Å². The van der Waals surface area contributed by atoms with Crippen molar-refractivity contribution in [3.05, 3.63) is 75.5 Å². The first-order chi connectivity index (χ1) is 14.7. The number of ether oxygens (including phenoxy) is 1. The van der Waals surface area contributed by atoms with E-state index in [1.165, 1.54) is 17.0 Å². The molecule has 0 aromatic heterocycles. The first-order valence-electron chi connectivity index (χ1n) is 10.2. The number of hydrogen-bond donors (Lipinski definition) is 0. The molecule has 0 saturated carbocycles. The van der Waals surface area contributed by atoms with Crippen molar-refractivity contribution in [3.63, 3.8) is 0 Å². The van der Waals surface area contributed by atoms with E-state index in [0.29, 0.717) is 35.5 Å². The van der Waals surface area contributed by atoms with Gasteiger partial charge in [-0.1, -0.05) is 32.0 Å². The summed E-state index contributed by atoms with van der Waals surface area (Å²) in [5.41, 5.74) is 2.19. The highest BCUT2D eigenvalue weighted by molar-refractivity contribution is 6.07. The zero-order valence-electron chi connectivity index (χ0n) is 17.8. The predicted molar refractivity (Wildman–Crippen MR) is 116 cm³/mol. The summed E-state index contributed by atoms with van der Waals surface area (Å²) in [4.78, 5) is 38.9. The number of Topliss-reactive ketones (excluding diaryl/α,β-unsaturated/α-hetero) is 1. The number of nitro benzene ring substituents is 1. The van der Waals surface area contributed by atoms with Crippen LogP contribution in [0.4, 0.5) is 11.4 Å². The molecule has 0 N–H and O–H groups in total. The summed E-state index contributed by atoms with van der Waals surface area (Å²) in [5.74, 6) is 0.210. The van der Waals surface area contributed by atoms with Crippen LogP contribution in [-0.2, 0) is 9.59 Å². The zero-order chi connectivity index (χ0) is 22.3. The number of carbonyl (C=O) groups is 2. The fraction of sp³-hybridized carbons (Fsp3) is 0.333. The third kappa shape index (κ3) is 3.83. The van der Waals surface area contributed by atoms with E-state index in [1.807, 2.05) is 38.1 Å². The second-order valence-corrected chi connectivity index (χ2v) is 8.84. The number of anilines is 1. The van der Waals surface area contributed by atoms with Gasteiger partial charge in [0.15, 0.2) is 5.78 Å². The van der Waals surface area contributed by atoms with Crippen LogP contribution >= 0.6 is 0 Å². The van der Waals surface area contributed by atoms with Gasteiger partial charge in [-0.2, -0.15) is 0 Å². The molecule has 0 fully saturated rings. The Morgan fingerprint density at radius 3 is 2.45 bits per heavy atom. The second kappa shape index (κ2) is 7.65. The predicted octanol–water partition coefficient (Wildman–Crippen LogP) is 4.77. The number of methoxy groups -OCH3 is 1. The van der Waals surface area contributed by atoms with Crippen molar-refractivity contribution < 1.29 is 19.2 Å². The zero-order valence-corrected chi connectivity index (χ0v) is 17.8. The molecule has 0 saturated heterocycles. The Morgan fingerprint density at radius 1 is 1.10 bits per heavy atom. The van der Waals surface area contributed by atoms with Gasteiger partial charge in [0.2, 0.25) is 5.91 Å². The van der Waals surface area contributed by atoms with Crippen molar-refractivity contribution >= 4 is 23.1 Å². The van der Waals surface area contributed by atoms with Crippen LogP contribution in [0.5, 0.6) is 5.75 Å². The molecule has 1 amide bonds. The number of hydrogen-bond acceptors (Lipinski definition) is 5. The van der Waals surface area contributed by atoms with E-state index >= 15 is 0 Å². The first-order valence-corrected chi connectivity index (χ1v) is 10.2. The van der Waals surface area contributed by atoms with Crippen LogP contribution in [0.25, 0.3) is 0 Å². The van der Waals surface area contributed by atoms with Crippen molar-refractivity contribution in [3.8, 4) is 5.75 Å². The standard InChI is InChI=1S/C24H24N2O5/c1-24(2)13-20-23(21(27)14-24)19(15-7-9-18(31-3)10-8-15)12-22(28)25(20)16-5-4-6-17(11-16)26(29)30/h4-11,19H,12-14H2,1-3H3. The van der Waals surface area contributed by atoms with Crippen molar-refractivity contribution in [2.75, 3.05) is 12.0 Å². The van der Waals surface area contributed by atoms with E-state index in [0.717, 1.165) is 5.56 Å². The van der Waals surface area contributed by atoms with E-state index in [1.54, 1.807) is 19.2 Å². The van der Waals surface area contributed by atoms with Crippen LogP contribution in [-0.4, -0.2) is 23.7 Å². The quantitative estimate of drug-likeness (QED) is 0.525. The number of allylic oxidation sites excluding steroid dienone is 2. The van der Waals surface area contributed by atoms with Gasteiger partial charge in [-0.3, -0.25) is 24.6 Å². The summed E-state index contributed by atoms with van der Waals surface area (Å²) in [6.07, 6.45) is 1.06. The monoisotopic (exact) mass is 420 g/mol. The lowest BCUT2D eigenvalue weighted by Crippen LogP contribution is -2.43. The number of carbonyl (C=O) groups excluding carboxylic acids is 2. The Kier molecular flexibility index (Phi) is 5.13. The van der Waals surface area contributed by atoms with Crippen molar-refractivity contribution in [1.29, 1.82) is 0 Å². The lowest BCUT2D eigenvalue weighted by atomic mass is 9.69. The molecule has 2 aromatic carbocycles. The molecular formula is C24H24N2O5. The van der Waals surface area contributed by atoms with Crippen LogP contribution in [0.3, 0.4) is 0 Å². The van der Waals surface area contributed by atoms with E-state index < -0.39 is 4.92 Å². The van der Waals surface area contributed by atoms with Gasteiger partial charge in [-0.05, 0) is 35.6 Å². The third-order valence-corrected chi connectivity index (χ3v) is 5.96. The molecule has 0 bridgehead atoms. The first kappa shape index (κ1) is 20.8. The maximum Gasteiger partial charge on any atom is 0.271 e. The SMILES string of the molecule is COc1ccc(C2CC(=O)N(c3cccc([N+](=O)[O-])c3)C3=C2C(=O)CC(C)(C)C3)cc1. The minimum absolute atomic E-state index is 0.0231. The Bertz CT molecular complexity index is 1100. The second-order valence-electron chi connectivity index (χ2n) is 8.84. The van der Waals surface area contributed by atoms with Gasteiger partial charge in [-0.25, -0.2) is 0 Å². The van der Waals surface area contributed by atoms with Crippen molar-refractivity contribution in [1.82, 2.24) is 0 Å². The summed E-state index contributed by atoms with van der Waals surface area (Å²) in [6, 6.07) is 13.4. The summed E-state index contributed by atoms with van der Waals surface area (Å²) >= 11 is 0. The fourth-order valence-corrected chi connectivity index (χ4v) is 4.58. The molecule has 1 atom stereocenters. The molecule has 0 radical (unpaired) electrons. The minimum Gasteiger partial charge on any atom is -0.497 e. The molecule has 2 aromatic rings. The third-order valence-electron chi connectivity index (χ3n) is 5.96. The summed E-state index contributed by atoms with van der Waals surface area (Å²) < 4.78 is 5.23. The lowest BCUT2D eigenvalue weighted by molar-refractivity contribution is -0.384. The number of nitro groups is 1. The summed E-state index contributed by atoms with van der Waals surface area (Å²) in [7, 11) is 1.59. The Balaban J connectivity index is 1.87. The van der Waals surface area contributed by atoms with Gasteiger partial charge < -0.3 is 4.74 Å². The van der Waals surface area contributed by atoms with Gasteiger partial charge in [-0.15, -0.1) is 0 Å². The maximum atomic E-state index is 13.3. The van der Waals surface area contributed by atoms with Crippen LogP contribution in [0.15, 0.2) is 59.8 Å². The largest absolute Gasteiger partial charge is 0.497 e. The van der Waals surface area contributed by atoms with Crippen LogP contribution in [0.2, 0.25) is 0 Å². The number of rotatable bonds is 4. The van der Waals surface area contributed by atoms with Crippen molar-refractivity contribution in [2.24, 2.45) is 5.41 Å². The number of nitrogens with zero attached hydrogens (tertiary/aromatic N) is 2. The lowest BCUT2D eigenvalue weighted by Gasteiger charge is -2.42. The van der Waals surface area contributed by atoms with Crippen LogP contribution < -0.4 is 9.64 Å². The molecule has 1 unspecified atom stereocenters. The smallest absolute Gasteiger partial charge is 0.271 e. The highest BCUT2D eigenvalue weighted by Gasteiger charge is 2.44. The average molecular weight is 420 g/mol. The topological polar surface area (TPSA) is 89.8 Å². The number of ketones is 1. The number of non-ortho nitro benzene ring substituents is 1. The van der Waals surface area contributed by atoms with E-state index in [2.05, 4.69) is 0 Å². The number of benzene rings is 2. The molecule has 31 heavy (non-hydrogen) atoms. The maximum absolute atomic E-state index is 13.3. The number of amides is 1. The molecule has 1 aliphatic heterocycles. The molecule has 7 heteroatoms. The molecule has 2 aliphatic rings. The van der Waals surface area contributed by atoms with Crippen LogP contribution in [0.1, 0.15) is 44.6 Å². The highest BCUT2D eigenvalue weighted by Crippen LogP contribution is 2.48. The average Bonchev–Trinajstić information content (AvgIpc) is 2.72. The van der Waals surface area contributed by atoms with Crippen molar-refractivity contribution in [2.45, 2.75) is 39.0 Å². The molecule has 4 rings (SSSR count). The van der Waals surface area contributed by atoms with Gasteiger partial charge in [0, 0.05) is 42.2 Å². The molecular weight excluding hydrogens is 396 g/mol. The molecule has 1 heterocycles. The van der Waals surface area contributed by atoms with E-state index in [9.17, 15) is 19.7 Å². The van der Waals surface area contributed by atoms with Gasteiger partial charge in [0.25, 0.3) is 5.69 Å². The highest BCUT2D eigenvalue weighted by atomic mass is 16.6.